The number of furan rings is 1. The molecule has 264 valence electrons. The van der Waals surface area contributed by atoms with Crippen molar-refractivity contribution in [1.29, 1.82) is 0 Å². The molecule has 0 atom stereocenters. The van der Waals surface area contributed by atoms with Gasteiger partial charge in [-0.25, -0.2) is 9.97 Å². The lowest BCUT2D eigenvalue weighted by molar-refractivity contribution is 0.666. The fourth-order valence-electron chi connectivity index (χ4n) is 9.36. The van der Waals surface area contributed by atoms with E-state index in [2.05, 4.69) is 167 Å². The normalized spacial score (nSPS) is 12.2. The molecule has 13 aromatic rings. The van der Waals surface area contributed by atoms with E-state index in [0.29, 0.717) is 11.5 Å². The Morgan fingerprint density at radius 3 is 1.75 bits per heavy atom. The van der Waals surface area contributed by atoms with Gasteiger partial charge in [-0.1, -0.05) is 146 Å². The summed E-state index contributed by atoms with van der Waals surface area (Å²) in [5, 5.41) is 8.23. The molecular weight excluding hydrogens is 697 g/mol. The van der Waals surface area contributed by atoms with Crippen LogP contribution in [0.1, 0.15) is 0 Å². The van der Waals surface area contributed by atoms with Crippen molar-refractivity contribution in [3.05, 3.63) is 182 Å². The molecule has 13 rings (SSSR count). The minimum absolute atomic E-state index is 0.607. The van der Waals surface area contributed by atoms with Gasteiger partial charge in [0.2, 0.25) is 5.95 Å². The first-order chi connectivity index (χ1) is 28.3. The molecule has 0 N–H and O–H groups in total. The molecule has 0 saturated heterocycles. The fourth-order valence-corrected chi connectivity index (χ4v) is 9.36. The maximum absolute atomic E-state index is 6.58. The van der Waals surface area contributed by atoms with E-state index in [0.717, 1.165) is 49.7 Å². The van der Waals surface area contributed by atoms with Crippen LogP contribution in [0, 0.1) is 0 Å². The van der Waals surface area contributed by atoms with Crippen molar-refractivity contribution in [3.8, 4) is 39.5 Å². The van der Waals surface area contributed by atoms with Gasteiger partial charge in [-0.15, -0.1) is 0 Å². The number of benzene rings is 8. The molecule has 8 aromatic carbocycles. The van der Waals surface area contributed by atoms with E-state index < -0.39 is 0 Å². The van der Waals surface area contributed by atoms with Gasteiger partial charge in [0.25, 0.3) is 0 Å². The molecule has 0 aliphatic heterocycles. The predicted octanol–water partition coefficient (Wildman–Crippen LogP) is 13.6. The van der Waals surface area contributed by atoms with Crippen LogP contribution in [0.5, 0.6) is 0 Å². The van der Waals surface area contributed by atoms with Crippen LogP contribution in [0.15, 0.2) is 186 Å². The average Bonchev–Trinajstić information content (AvgIpc) is 4.02. The van der Waals surface area contributed by atoms with Gasteiger partial charge < -0.3 is 8.82 Å². The van der Waals surface area contributed by atoms with Crippen LogP contribution in [0.3, 0.4) is 0 Å². The Hall–Kier alpha value is -7.76. The molecule has 0 saturated carbocycles. The molecule has 5 heterocycles. The van der Waals surface area contributed by atoms with Crippen molar-refractivity contribution in [3.63, 3.8) is 0 Å². The van der Waals surface area contributed by atoms with E-state index in [1.807, 2.05) is 24.3 Å². The molecule has 5 aromatic heterocycles. The van der Waals surface area contributed by atoms with E-state index in [-0.39, 0.29) is 0 Å². The highest BCUT2D eigenvalue weighted by Crippen LogP contribution is 2.47. The van der Waals surface area contributed by atoms with Crippen LogP contribution in [0.2, 0.25) is 0 Å². The molecule has 0 radical (unpaired) electrons. The largest absolute Gasteiger partial charge is 0.452 e. The molecule has 0 fully saturated rings. The highest BCUT2D eigenvalue weighted by atomic mass is 16.3. The van der Waals surface area contributed by atoms with Crippen molar-refractivity contribution in [2.24, 2.45) is 0 Å². The molecule has 0 amide bonds. The average molecular weight is 727 g/mol. The molecule has 57 heavy (non-hydrogen) atoms. The van der Waals surface area contributed by atoms with E-state index in [1.54, 1.807) is 0 Å². The maximum atomic E-state index is 6.58. The summed E-state index contributed by atoms with van der Waals surface area (Å²) in [7, 11) is 0. The Balaban J connectivity index is 1.15. The van der Waals surface area contributed by atoms with Gasteiger partial charge in [0.05, 0.1) is 27.6 Å². The van der Waals surface area contributed by atoms with Gasteiger partial charge in [-0.05, 0) is 58.7 Å². The van der Waals surface area contributed by atoms with E-state index in [1.165, 1.54) is 60.2 Å². The second-order valence-electron chi connectivity index (χ2n) is 14.9. The van der Waals surface area contributed by atoms with Crippen LogP contribution in [-0.2, 0) is 0 Å². The lowest BCUT2D eigenvalue weighted by atomic mass is 10.0. The Kier molecular flexibility index (Phi) is 6.10. The van der Waals surface area contributed by atoms with E-state index in [9.17, 15) is 0 Å². The molecule has 5 nitrogen and oxygen atoms in total. The molecular formula is C52H30N4O. The Bertz CT molecular complexity index is 3730. The number of rotatable bonds is 4. The number of nitrogens with zero attached hydrogens (tertiary/aromatic N) is 4. The third-order valence-corrected chi connectivity index (χ3v) is 11.9. The quantitative estimate of drug-likeness (QED) is 0.181. The smallest absolute Gasteiger partial charge is 0.236 e. The van der Waals surface area contributed by atoms with Gasteiger partial charge in [0.15, 0.2) is 5.58 Å². The van der Waals surface area contributed by atoms with Gasteiger partial charge in [-0.3, -0.25) is 4.57 Å². The first-order valence-corrected chi connectivity index (χ1v) is 19.3. The number of hydrogen-bond acceptors (Lipinski definition) is 3. The van der Waals surface area contributed by atoms with Gasteiger partial charge in [0.1, 0.15) is 16.8 Å². The zero-order chi connectivity index (χ0) is 37.2. The Morgan fingerprint density at radius 1 is 0.386 bits per heavy atom. The summed E-state index contributed by atoms with van der Waals surface area (Å²) in [4.78, 5) is 10.9. The van der Waals surface area contributed by atoms with Crippen molar-refractivity contribution in [1.82, 2.24) is 18.9 Å². The van der Waals surface area contributed by atoms with Crippen LogP contribution in [-0.4, -0.2) is 18.9 Å². The second-order valence-corrected chi connectivity index (χ2v) is 14.9. The molecule has 5 heteroatoms. The van der Waals surface area contributed by atoms with Gasteiger partial charge in [0, 0.05) is 43.3 Å². The summed E-state index contributed by atoms with van der Waals surface area (Å²) < 4.78 is 11.3. The summed E-state index contributed by atoms with van der Waals surface area (Å²) in [6.45, 7) is 0. The minimum atomic E-state index is 0.607. The third kappa shape index (κ3) is 4.23. The summed E-state index contributed by atoms with van der Waals surface area (Å²) in [6.07, 6.45) is 0. The predicted molar refractivity (Wildman–Crippen MR) is 235 cm³/mol. The summed E-state index contributed by atoms with van der Waals surface area (Å²) in [5.74, 6) is 0.607. The van der Waals surface area contributed by atoms with Crippen molar-refractivity contribution in [2.75, 3.05) is 0 Å². The monoisotopic (exact) mass is 726 g/mol. The van der Waals surface area contributed by atoms with E-state index >= 15 is 0 Å². The third-order valence-electron chi connectivity index (χ3n) is 11.9. The number of fused-ring (bicyclic) bond motifs is 13. The lowest BCUT2D eigenvalue weighted by Crippen LogP contribution is -2.03. The van der Waals surface area contributed by atoms with Crippen LogP contribution < -0.4 is 0 Å². The highest BCUT2D eigenvalue weighted by Gasteiger charge is 2.26. The Morgan fingerprint density at radius 2 is 0.982 bits per heavy atom. The standard InChI is InChI=1S/C52H30N4O/c1-3-13-31(14-4-1)33-23-25-34(26-24-33)48-51-49(39-19-9-12-22-45(39)57-51)54-52(53-48)56-42-21-11-7-17-37(42)46-44(56)30-40-36-28-27-35(32-15-5-2-6-16-32)29-43(36)55-41-20-10-8-18-38(41)47(46)50(40)55/h1-30H. The SMILES string of the molecule is c1ccc(-c2ccc(-c3nc(-n4c5ccccc5c5c6c7ccccc7n7c8cc(-c9ccccc9)ccc8c(cc54)c67)nc4c3oc3ccccc34)cc2)cc1. The van der Waals surface area contributed by atoms with Crippen LogP contribution in [0.4, 0.5) is 0 Å². The lowest BCUT2D eigenvalue weighted by Gasteiger charge is -2.10. The van der Waals surface area contributed by atoms with Crippen molar-refractivity contribution < 1.29 is 4.42 Å². The molecule has 0 bridgehead atoms. The summed E-state index contributed by atoms with van der Waals surface area (Å²) in [5.41, 5.74) is 14.5. The van der Waals surface area contributed by atoms with Crippen molar-refractivity contribution in [2.45, 2.75) is 0 Å². The van der Waals surface area contributed by atoms with Gasteiger partial charge in [-0.2, -0.15) is 0 Å². The van der Waals surface area contributed by atoms with Gasteiger partial charge >= 0.3 is 0 Å². The van der Waals surface area contributed by atoms with Crippen LogP contribution >= 0.6 is 0 Å². The molecule has 0 spiro atoms. The first-order valence-electron chi connectivity index (χ1n) is 19.3. The number of para-hydroxylation sites is 3. The topological polar surface area (TPSA) is 48.3 Å². The molecule has 0 unspecified atom stereocenters. The minimum Gasteiger partial charge on any atom is -0.452 e. The second kappa shape index (κ2) is 11.4. The summed E-state index contributed by atoms with van der Waals surface area (Å²) in [6, 6.07) is 64.7. The molecule has 0 aliphatic carbocycles. The summed E-state index contributed by atoms with van der Waals surface area (Å²) >= 11 is 0. The zero-order valence-corrected chi connectivity index (χ0v) is 30.5. The Labute approximate surface area is 325 Å². The van der Waals surface area contributed by atoms with Crippen LogP contribution in [0.25, 0.3) is 121 Å². The van der Waals surface area contributed by atoms with E-state index in [4.69, 9.17) is 14.4 Å². The first kappa shape index (κ1) is 30.6. The number of hydrogen-bond donors (Lipinski definition) is 0. The number of aromatic nitrogens is 4. The molecule has 0 aliphatic rings. The van der Waals surface area contributed by atoms with Crippen molar-refractivity contribution >= 4 is 82.0 Å². The fraction of sp³-hybridized carbons (Fsp3) is 0. The zero-order valence-electron chi connectivity index (χ0n) is 30.5. The highest BCUT2D eigenvalue weighted by molar-refractivity contribution is 6.35. The maximum Gasteiger partial charge on any atom is 0.236 e.